The highest BCUT2D eigenvalue weighted by Gasteiger charge is 2.09. The zero-order valence-corrected chi connectivity index (χ0v) is 14.1. The second-order valence-electron chi connectivity index (χ2n) is 6.17. The zero-order valence-electron chi connectivity index (χ0n) is 14.1. The third-order valence-corrected chi connectivity index (χ3v) is 3.81. The van der Waals surface area contributed by atoms with Crippen LogP contribution in [0.2, 0.25) is 0 Å². The van der Waals surface area contributed by atoms with Gasteiger partial charge in [-0.3, -0.25) is 9.69 Å². The highest BCUT2D eigenvalue weighted by atomic mass is 16.1. The molecule has 0 fully saturated rings. The van der Waals surface area contributed by atoms with Gasteiger partial charge in [-0.15, -0.1) is 0 Å². The Kier molecular flexibility index (Phi) is 6.98. The number of likely N-dealkylation sites (N-methyl/N-ethyl adjacent to an activating group) is 1. The Bertz CT molecular complexity index is 583. The molecule has 0 N–H and O–H groups in total. The first kappa shape index (κ1) is 17.4. The van der Waals surface area contributed by atoms with Crippen molar-refractivity contribution in [1.82, 2.24) is 9.80 Å². The van der Waals surface area contributed by atoms with Crippen molar-refractivity contribution < 1.29 is 4.79 Å². The van der Waals surface area contributed by atoms with E-state index in [1.54, 1.807) is 0 Å². The Morgan fingerprint density at radius 3 is 1.78 bits per heavy atom. The molecule has 3 nitrogen and oxygen atoms in total. The van der Waals surface area contributed by atoms with Gasteiger partial charge < -0.3 is 4.90 Å². The van der Waals surface area contributed by atoms with Crippen molar-refractivity contribution in [2.75, 3.05) is 27.2 Å². The minimum Gasteiger partial charge on any atom is -0.302 e. The molecule has 0 aliphatic heterocycles. The van der Waals surface area contributed by atoms with Crippen LogP contribution in [0.15, 0.2) is 60.7 Å². The highest BCUT2D eigenvalue weighted by Crippen LogP contribution is 2.05. The molecule has 2 aromatic carbocycles. The molecule has 0 saturated carbocycles. The van der Waals surface area contributed by atoms with Gasteiger partial charge in [0.25, 0.3) is 0 Å². The van der Waals surface area contributed by atoms with Crippen molar-refractivity contribution >= 4 is 5.78 Å². The van der Waals surface area contributed by atoms with Gasteiger partial charge in [0.2, 0.25) is 0 Å². The van der Waals surface area contributed by atoms with Crippen molar-refractivity contribution in [3.63, 3.8) is 0 Å². The van der Waals surface area contributed by atoms with Crippen LogP contribution in [0, 0.1) is 0 Å². The number of Topliss-reactive ketones (excluding diaryl/α,β-unsaturated/α-hetero) is 1. The molecule has 0 heterocycles. The Morgan fingerprint density at radius 1 is 0.783 bits per heavy atom. The van der Waals surface area contributed by atoms with Crippen LogP contribution in [0.3, 0.4) is 0 Å². The molecule has 3 heteroatoms. The number of carbonyl (C=O) groups is 1. The van der Waals surface area contributed by atoms with E-state index in [1.165, 1.54) is 11.1 Å². The summed E-state index contributed by atoms with van der Waals surface area (Å²) in [5, 5.41) is 0. The second-order valence-corrected chi connectivity index (χ2v) is 6.17. The summed E-state index contributed by atoms with van der Waals surface area (Å²) in [5.41, 5.74) is 2.52. The number of hydrogen-bond donors (Lipinski definition) is 0. The average molecular weight is 310 g/mol. The van der Waals surface area contributed by atoms with Crippen molar-refractivity contribution in [2.45, 2.75) is 19.5 Å². The zero-order chi connectivity index (χ0) is 16.5. The molecule has 2 rings (SSSR count). The average Bonchev–Trinajstić information content (AvgIpc) is 2.55. The van der Waals surface area contributed by atoms with E-state index in [2.05, 4.69) is 41.1 Å². The van der Waals surface area contributed by atoms with Gasteiger partial charge in [-0.2, -0.15) is 0 Å². The van der Waals surface area contributed by atoms with Gasteiger partial charge in [0.15, 0.2) is 0 Å². The van der Waals surface area contributed by atoms with Crippen LogP contribution in [0.25, 0.3) is 0 Å². The molecule has 0 amide bonds. The molecule has 0 atom stereocenters. The number of rotatable bonds is 9. The fraction of sp³-hybridized carbons (Fsp3) is 0.350. The van der Waals surface area contributed by atoms with Crippen molar-refractivity contribution in [3.8, 4) is 0 Å². The number of nitrogens with zero attached hydrogens (tertiary/aromatic N) is 2. The molecule has 0 aromatic heterocycles. The van der Waals surface area contributed by atoms with Crippen LogP contribution < -0.4 is 0 Å². The molecule has 0 bridgehead atoms. The summed E-state index contributed by atoms with van der Waals surface area (Å²) in [7, 11) is 4.06. The van der Waals surface area contributed by atoms with Crippen LogP contribution in [-0.2, 0) is 17.9 Å². The lowest BCUT2D eigenvalue weighted by atomic mass is 10.2. The molecule has 23 heavy (non-hydrogen) atoms. The summed E-state index contributed by atoms with van der Waals surface area (Å²) in [6, 6.07) is 20.6. The minimum absolute atomic E-state index is 0.295. The van der Waals surface area contributed by atoms with Gasteiger partial charge >= 0.3 is 0 Å². The fourth-order valence-corrected chi connectivity index (χ4v) is 2.62. The molecular formula is C20H26N2O. The van der Waals surface area contributed by atoms with Crippen molar-refractivity contribution in [1.29, 1.82) is 0 Å². The molecular weight excluding hydrogens is 284 g/mol. The van der Waals surface area contributed by atoms with E-state index in [9.17, 15) is 4.79 Å². The maximum Gasteiger partial charge on any atom is 0.148 e. The SMILES string of the molecule is CN(CCC(=O)CN(C)Cc1ccccc1)Cc1ccccc1. The topological polar surface area (TPSA) is 23.6 Å². The van der Waals surface area contributed by atoms with Crippen LogP contribution in [0.5, 0.6) is 0 Å². The number of hydrogen-bond acceptors (Lipinski definition) is 3. The molecule has 122 valence electrons. The van der Waals surface area contributed by atoms with Gasteiger partial charge in [0.05, 0.1) is 6.54 Å². The van der Waals surface area contributed by atoms with Gasteiger partial charge in [0.1, 0.15) is 5.78 Å². The predicted octanol–water partition coefficient (Wildman–Crippen LogP) is 3.21. The Hall–Kier alpha value is -1.97. The van der Waals surface area contributed by atoms with E-state index in [-0.39, 0.29) is 0 Å². The van der Waals surface area contributed by atoms with E-state index in [0.717, 1.165) is 19.6 Å². The normalized spacial score (nSPS) is 11.1. The summed E-state index contributed by atoms with van der Waals surface area (Å²) >= 11 is 0. The lowest BCUT2D eigenvalue weighted by molar-refractivity contribution is -0.120. The molecule has 0 spiro atoms. The van der Waals surface area contributed by atoms with E-state index in [0.29, 0.717) is 18.7 Å². The van der Waals surface area contributed by atoms with E-state index >= 15 is 0 Å². The maximum atomic E-state index is 12.1. The first-order valence-corrected chi connectivity index (χ1v) is 8.10. The Morgan fingerprint density at radius 2 is 1.26 bits per heavy atom. The molecule has 2 aromatic rings. The number of carbonyl (C=O) groups excluding carboxylic acids is 1. The van der Waals surface area contributed by atoms with Gasteiger partial charge in [-0.25, -0.2) is 0 Å². The molecule has 0 unspecified atom stereocenters. The lowest BCUT2D eigenvalue weighted by Crippen LogP contribution is -2.28. The number of ketones is 1. The van der Waals surface area contributed by atoms with Gasteiger partial charge in [-0.1, -0.05) is 60.7 Å². The molecule has 0 aliphatic carbocycles. The van der Waals surface area contributed by atoms with Crippen LogP contribution in [0.1, 0.15) is 17.5 Å². The van der Waals surface area contributed by atoms with Crippen LogP contribution in [-0.4, -0.2) is 42.8 Å². The lowest BCUT2D eigenvalue weighted by Gasteiger charge is -2.18. The Labute approximate surface area is 139 Å². The smallest absolute Gasteiger partial charge is 0.148 e. The first-order chi connectivity index (χ1) is 11.1. The fourth-order valence-electron chi connectivity index (χ4n) is 2.62. The summed E-state index contributed by atoms with van der Waals surface area (Å²) in [4.78, 5) is 16.4. The quantitative estimate of drug-likeness (QED) is 0.710. The summed E-state index contributed by atoms with van der Waals surface area (Å²) in [6.45, 7) is 3.00. The van der Waals surface area contributed by atoms with E-state index in [4.69, 9.17) is 0 Å². The van der Waals surface area contributed by atoms with Gasteiger partial charge in [-0.05, 0) is 25.2 Å². The van der Waals surface area contributed by atoms with Crippen molar-refractivity contribution in [3.05, 3.63) is 71.8 Å². The van der Waals surface area contributed by atoms with Crippen LogP contribution >= 0.6 is 0 Å². The highest BCUT2D eigenvalue weighted by molar-refractivity contribution is 5.80. The summed E-state index contributed by atoms with van der Waals surface area (Å²) < 4.78 is 0. The largest absolute Gasteiger partial charge is 0.302 e. The first-order valence-electron chi connectivity index (χ1n) is 8.10. The monoisotopic (exact) mass is 310 g/mol. The third-order valence-electron chi connectivity index (χ3n) is 3.81. The minimum atomic E-state index is 0.295. The molecule has 0 saturated heterocycles. The van der Waals surface area contributed by atoms with Crippen molar-refractivity contribution in [2.24, 2.45) is 0 Å². The summed E-state index contributed by atoms with van der Waals surface area (Å²) in [5.74, 6) is 0.295. The molecule has 0 aliphatic rings. The summed E-state index contributed by atoms with van der Waals surface area (Å²) in [6.07, 6.45) is 0.600. The standard InChI is InChI=1S/C20H26N2O/c1-21(15-18-9-5-3-6-10-18)14-13-20(23)17-22(2)16-19-11-7-4-8-12-19/h3-12H,13-17H2,1-2H3. The van der Waals surface area contributed by atoms with E-state index < -0.39 is 0 Å². The molecule has 0 radical (unpaired) electrons. The van der Waals surface area contributed by atoms with Crippen LogP contribution in [0.4, 0.5) is 0 Å². The van der Waals surface area contributed by atoms with Gasteiger partial charge in [0, 0.05) is 26.1 Å². The Balaban J connectivity index is 1.68. The second kappa shape index (κ2) is 9.23. The third kappa shape index (κ3) is 6.76. The predicted molar refractivity (Wildman–Crippen MR) is 95.2 cm³/mol. The van der Waals surface area contributed by atoms with E-state index in [1.807, 2.05) is 43.4 Å². The number of benzene rings is 2. The maximum absolute atomic E-state index is 12.1.